The monoisotopic (exact) mass is 226 g/mol. The normalized spacial score (nSPS) is 11.3. The third kappa shape index (κ3) is 5.91. The van der Waals surface area contributed by atoms with Gasteiger partial charge in [-0.1, -0.05) is 26.2 Å². The summed E-state index contributed by atoms with van der Waals surface area (Å²) >= 11 is 0. The highest BCUT2D eigenvalue weighted by molar-refractivity contribution is 5.80. The second-order valence-corrected chi connectivity index (χ2v) is 3.65. The topological polar surface area (TPSA) is 69.6 Å². The minimum Gasteiger partial charge on any atom is -0.480 e. The summed E-state index contributed by atoms with van der Waals surface area (Å²) < 4.78 is 0. The molecule has 0 aromatic rings. The van der Waals surface area contributed by atoms with Gasteiger partial charge in [0.25, 0.3) is 0 Å². The third-order valence-corrected chi connectivity index (χ3v) is 2.19. The maximum Gasteiger partial charge on any atom is 0.323 e. The Morgan fingerprint density at radius 3 is 2.62 bits per heavy atom. The van der Waals surface area contributed by atoms with E-state index in [4.69, 9.17) is 11.5 Å². The number of amides is 2. The Labute approximate surface area is 95.8 Å². The smallest absolute Gasteiger partial charge is 0.323 e. The van der Waals surface area contributed by atoms with Crippen molar-refractivity contribution in [1.29, 1.82) is 0 Å². The van der Waals surface area contributed by atoms with Crippen LogP contribution >= 0.6 is 0 Å². The average Bonchev–Trinajstić information content (AvgIpc) is 2.24. The van der Waals surface area contributed by atoms with Gasteiger partial charge in [0.2, 0.25) is 0 Å². The van der Waals surface area contributed by atoms with E-state index >= 15 is 0 Å². The number of nitrogens with zero attached hydrogens (tertiary/aromatic N) is 1. The summed E-state index contributed by atoms with van der Waals surface area (Å²) in [4.78, 5) is 23.1. The SMILES string of the molecule is C#CCN(CC(=O)O)C(=O)NCC(C)CC. The van der Waals surface area contributed by atoms with Crippen LogP contribution in [-0.2, 0) is 4.79 Å². The lowest BCUT2D eigenvalue weighted by molar-refractivity contribution is -0.137. The van der Waals surface area contributed by atoms with Crippen LogP contribution in [0.4, 0.5) is 4.79 Å². The van der Waals surface area contributed by atoms with Gasteiger partial charge in [-0.15, -0.1) is 6.42 Å². The maximum absolute atomic E-state index is 11.5. The summed E-state index contributed by atoms with van der Waals surface area (Å²) in [7, 11) is 0. The molecule has 0 saturated heterocycles. The molecule has 0 radical (unpaired) electrons. The maximum atomic E-state index is 11.5. The van der Waals surface area contributed by atoms with Crippen molar-refractivity contribution >= 4 is 12.0 Å². The van der Waals surface area contributed by atoms with E-state index in [1.54, 1.807) is 0 Å². The first-order chi connectivity index (χ1) is 7.51. The highest BCUT2D eigenvalue weighted by Crippen LogP contribution is 1.98. The van der Waals surface area contributed by atoms with E-state index in [1.807, 2.05) is 13.8 Å². The van der Waals surface area contributed by atoms with Crippen LogP contribution in [0.2, 0.25) is 0 Å². The van der Waals surface area contributed by atoms with Gasteiger partial charge in [-0.2, -0.15) is 0 Å². The van der Waals surface area contributed by atoms with Crippen LogP contribution in [0.15, 0.2) is 0 Å². The quantitative estimate of drug-likeness (QED) is 0.657. The van der Waals surface area contributed by atoms with Crippen molar-refractivity contribution in [3.05, 3.63) is 0 Å². The van der Waals surface area contributed by atoms with Crippen LogP contribution in [0.3, 0.4) is 0 Å². The lowest BCUT2D eigenvalue weighted by Crippen LogP contribution is -2.44. The van der Waals surface area contributed by atoms with Crippen LogP contribution in [0.5, 0.6) is 0 Å². The summed E-state index contributed by atoms with van der Waals surface area (Å²) in [5.74, 6) is 1.54. The minimum atomic E-state index is -1.08. The number of urea groups is 1. The van der Waals surface area contributed by atoms with Crippen molar-refractivity contribution in [2.24, 2.45) is 5.92 Å². The van der Waals surface area contributed by atoms with Gasteiger partial charge < -0.3 is 15.3 Å². The van der Waals surface area contributed by atoms with Crippen LogP contribution in [0.1, 0.15) is 20.3 Å². The van der Waals surface area contributed by atoms with E-state index in [9.17, 15) is 9.59 Å². The molecule has 1 unspecified atom stereocenters. The van der Waals surface area contributed by atoms with Crippen LogP contribution in [-0.4, -0.2) is 41.6 Å². The molecule has 0 heterocycles. The predicted molar refractivity (Wildman–Crippen MR) is 60.9 cm³/mol. The van der Waals surface area contributed by atoms with Crippen molar-refractivity contribution in [2.45, 2.75) is 20.3 Å². The number of carbonyl (C=O) groups is 2. The second-order valence-electron chi connectivity index (χ2n) is 3.65. The zero-order valence-corrected chi connectivity index (χ0v) is 9.69. The van der Waals surface area contributed by atoms with Gasteiger partial charge in [0.15, 0.2) is 0 Å². The molecule has 2 N–H and O–H groups in total. The molecule has 0 saturated carbocycles. The van der Waals surface area contributed by atoms with Crippen molar-refractivity contribution < 1.29 is 14.7 Å². The molecule has 5 heteroatoms. The third-order valence-electron chi connectivity index (χ3n) is 2.19. The summed E-state index contributed by atoms with van der Waals surface area (Å²) in [5, 5.41) is 11.2. The molecule has 1 atom stereocenters. The molecular formula is C11H18N2O3. The molecule has 0 bridgehead atoms. The largest absolute Gasteiger partial charge is 0.480 e. The van der Waals surface area contributed by atoms with Gasteiger partial charge in [-0.05, 0) is 5.92 Å². The molecule has 2 amide bonds. The van der Waals surface area contributed by atoms with E-state index in [1.165, 1.54) is 0 Å². The molecule has 0 aliphatic rings. The number of aliphatic carboxylic acids is 1. The molecule has 90 valence electrons. The molecule has 5 nitrogen and oxygen atoms in total. The van der Waals surface area contributed by atoms with E-state index in [0.29, 0.717) is 12.5 Å². The van der Waals surface area contributed by atoms with Crippen LogP contribution < -0.4 is 5.32 Å². The van der Waals surface area contributed by atoms with Crippen LogP contribution in [0, 0.1) is 18.3 Å². The first-order valence-corrected chi connectivity index (χ1v) is 5.19. The molecule has 0 fully saturated rings. The first-order valence-electron chi connectivity index (χ1n) is 5.19. The fourth-order valence-electron chi connectivity index (χ4n) is 0.991. The number of nitrogens with one attached hydrogen (secondary N) is 1. The number of hydrogen-bond donors (Lipinski definition) is 2. The Morgan fingerprint density at radius 2 is 2.19 bits per heavy atom. The van der Waals surface area contributed by atoms with Gasteiger partial charge in [-0.3, -0.25) is 4.79 Å². The van der Waals surface area contributed by atoms with Crippen molar-refractivity contribution in [3.63, 3.8) is 0 Å². The molecule has 0 rings (SSSR count). The van der Waals surface area contributed by atoms with Gasteiger partial charge in [0.05, 0.1) is 6.54 Å². The zero-order valence-electron chi connectivity index (χ0n) is 9.69. The van der Waals surface area contributed by atoms with Gasteiger partial charge in [-0.25, -0.2) is 4.79 Å². The average molecular weight is 226 g/mol. The highest BCUT2D eigenvalue weighted by atomic mass is 16.4. The Kier molecular flexibility index (Phi) is 6.77. The number of carbonyl (C=O) groups excluding carboxylic acids is 1. The number of hydrogen-bond acceptors (Lipinski definition) is 2. The number of carboxylic acid groups (broad SMARTS) is 1. The summed E-state index contributed by atoms with van der Waals surface area (Å²) in [6.45, 7) is 4.17. The predicted octanol–water partition coefficient (Wildman–Crippen LogP) is 0.762. The molecule has 0 spiro atoms. The van der Waals surface area contributed by atoms with Crippen molar-refractivity contribution in [2.75, 3.05) is 19.6 Å². The lowest BCUT2D eigenvalue weighted by atomic mass is 10.1. The molecular weight excluding hydrogens is 208 g/mol. The fourth-order valence-corrected chi connectivity index (χ4v) is 0.991. The van der Waals surface area contributed by atoms with E-state index in [-0.39, 0.29) is 13.1 Å². The molecule has 0 aliphatic heterocycles. The first kappa shape index (κ1) is 14.3. The lowest BCUT2D eigenvalue weighted by Gasteiger charge is -2.19. The van der Waals surface area contributed by atoms with E-state index in [0.717, 1.165) is 11.3 Å². The Hall–Kier alpha value is -1.70. The summed E-state index contributed by atoms with van der Waals surface area (Å²) in [5.41, 5.74) is 0. The van der Waals surface area contributed by atoms with Gasteiger partial charge in [0.1, 0.15) is 6.54 Å². The Morgan fingerprint density at radius 1 is 1.56 bits per heavy atom. The number of rotatable bonds is 6. The Balaban J connectivity index is 4.17. The molecule has 0 aromatic carbocycles. The number of carboxylic acids is 1. The fraction of sp³-hybridized carbons (Fsp3) is 0.636. The summed E-state index contributed by atoms with van der Waals surface area (Å²) in [6.07, 6.45) is 6.01. The molecule has 0 aliphatic carbocycles. The standard InChI is InChI=1S/C11H18N2O3/c1-4-6-13(8-10(14)15)11(16)12-7-9(3)5-2/h1,9H,5-8H2,2-3H3,(H,12,16)(H,14,15). The van der Waals surface area contributed by atoms with Gasteiger partial charge >= 0.3 is 12.0 Å². The Bertz CT molecular complexity index is 283. The van der Waals surface area contributed by atoms with Crippen molar-refractivity contribution in [3.8, 4) is 12.3 Å². The highest BCUT2D eigenvalue weighted by Gasteiger charge is 2.15. The van der Waals surface area contributed by atoms with Crippen LogP contribution in [0.25, 0.3) is 0 Å². The zero-order chi connectivity index (χ0) is 12.6. The van der Waals surface area contributed by atoms with E-state index in [2.05, 4.69) is 11.2 Å². The second kappa shape index (κ2) is 7.57. The van der Waals surface area contributed by atoms with E-state index < -0.39 is 12.0 Å². The number of terminal acetylenes is 1. The molecule has 0 aromatic heterocycles. The van der Waals surface area contributed by atoms with Crippen molar-refractivity contribution in [1.82, 2.24) is 10.2 Å². The van der Waals surface area contributed by atoms with Gasteiger partial charge in [0, 0.05) is 6.54 Å². The molecule has 16 heavy (non-hydrogen) atoms. The summed E-state index contributed by atoms with van der Waals surface area (Å²) in [6, 6.07) is -0.430. The minimum absolute atomic E-state index is 0.00135.